The largest absolute Gasteiger partial charge is 0.497 e. The summed E-state index contributed by atoms with van der Waals surface area (Å²) in [6, 6.07) is 14.9. The highest BCUT2D eigenvalue weighted by molar-refractivity contribution is 5.77. The molecule has 7 nitrogen and oxygen atoms in total. The molecule has 0 aliphatic carbocycles. The summed E-state index contributed by atoms with van der Waals surface area (Å²) >= 11 is 0. The van der Waals surface area contributed by atoms with Crippen LogP contribution in [-0.2, 0) is 11.3 Å². The van der Waals surface area contributed by atoms with Crippen molar-refractivity contribution in [1.29, 1.82) is 0 Å². The molecule has 0 aliphatic heterocycles. The monoisotopic (exact) mass is 367 g/mol. The third kappa shape index (κ3) is 4.63. The zero-order valence-electron chi connectivity index (χ0n) is 15.5. The lowest BCUT2D eigenvalue weighted by molar-refractivity contribution is -0.132. The first-order valence-corrected chi connectivity index (χ1v) is 8.46. The number of ether oxygens (including phenoxy) is 2. The second kappa shape index (κ2) is 8.35. The molecule has 0 fully saturated rings. The molecule has 0 radical (unpaired) electrons. The van der Waals surface area contributed by atoms with Gasteiger partial charge in [-0.25, -0.2) is 0 Å². The van der Waals surface area contributed by atoms with Crippen LogP contribution in [0.5, 0.6) is 11.5 Å². The predicted molar refractivity (Wildman–Crippen MR) is 99.4 cm³/mol. The number of aromatic nitrogens is 2. The van der Waals surface area contributed by atoms with Gasteiger partial charge in [0.05, 0.1) is 13.7 Å². The number of hydrogen-bond acceptors (Lipinski definition) is 6. The fourth-order valence-corrected chi connectivity index (χ4v) is 2.46. The Balaban J connectivity index is 1.59. The maximum Gasteiger partial charge on any atom is 0.260 e. The van der Waals surface area contributed by atoms with Crippen LogP contribution in [0.1, 0.15) is 11.5 Å². The predicted octanol–water partition coefficient (Wildman–Crippen LogP) is 3.09. The minimum absolute atomic E-state index is 0.0573. The molecule has 1 amide bonds. The lowest BCUT2D eigenvalue weighted by atomic mass is 10.2. The van der Waals surface area contributed by atoms with Gasteiger partial charge in [-0.3, -0.25) is 4.79 Å². The molecule has 0 atom stereocenters. The van der Waals surface area contributed by atoms with Crippen molar-refractivity contribution in [1.82, 2.24) is 15.0 Å². The minimum atomic E-state index is -0.181. The number of likely N-dealkylation sites (N-methyl/N-ethyl adjacent to an activating group) is 1. The fourth-order valence-electron chi connectivity index (χ4n) is 2.46. The van der Waals surface area contributed by atoms with E-state index >= 15 is 0 Å². The molecule has 0 saturated heterocycles. The Morgan fingerprint density at radius 2 is 2.00 bits per heavy atom. The smallest absolute Gasteiger partial charge is 0.260 e. The average molecular weight is 367 g/mol. The Morgan fingerprint density at radius 1 is 1.19 bits per heavy atom. The van der Waals surface area contributed by atoms with Crippen molar-refractivity contribution in [3.8, 4) is 22.9 Å². The van der Waals surface area contributed by atoms with Gasteiger partial charge in [0.25, 0.3) is 5.91 Å². The molecule has 27 heavy (non-hydrogen) atoms. The number of nitrogens with zero attached hydrogens (tertiary/aromatic N) is 3. The van der Waals surface area contributed by atoms with E-state index in [0.29, 0.717) is 23.2 Å². The van der Waals surface area contributed by atoms with Crippen molar-refractivity contribution in [2.45, 2.75) is 13.5 Å². The molecule has 0 spiro atoms. The number of amides is 1. The number of para-hydroxylation sites is 1. The molecule has 1 aromatic heterocycles. The van der Waals surface area contributed by atoms with Crippen molar-refractivity contribution in [3.63, 3.8) is 0 Å². The Bertz CT molecular complexity index is 923. The number of carbonyl (C=O) groups excluding carboxylic acids is 1. The van der Waals surface area contributed by atoms with E-state index in [2.05, 4.69) is 10.1 Å². The zero-order chi connectivity index (χ0) is 19.2. The summed E-state index contributed by atoms with van der Waals surface area (Å²) in [6.45, 7) is 2.08. The van der Waals surface area contributed by atoms with Crippen LogP contribution < -0.4 is 9.47 Å². The van der Waals surface area contributed by atoms with Crippen LogP contribution in [0.3, 0.4) is 0 Å². The van der Waals surface area contributed by atoms with Crippen LogP contribution in [0.2, 0.25) is 0 Å². The van der Waals surface area contributed by atoms with Gasteiger partial charge in [-0.15, -0.1) is 0 Å². The van der Waals surface area contributed by atoms with Crippen molar-refractivity contribution >= 4 is 5.91 Å². The minimum Gasteiger partial charge on any atom is -0.497 e. The fraction of sp³-hybridized carbons (Fsp3) is 0.250. The van der Waals surface area contributed by atoms with Crippen LogP contribution in [0.25, 0.3) is 11.4 Å². The van der Waals surface area contributed by atoms with Gasteiger partial charge in [-0.05, 0) is 30.7 Å². The van der Waals surface area contributed by atoms with Gasteiger partial charge in [-0.2, -0.15) is 4.98 Å². The molecule has 0 saturated carbocycles. The molecule has 3 aromatic rings. The van der Waals surface area contributed by atoms with Crippen molar-refractivity contribution in [3.05, 3.63) is 60.0 Å². The van der Waals surface area contributed by atoms with Crippen molar-refractivity contribution in [2.24, 2.45) is 0 Å². The molecule has 0 bridgehead atoms. The number of aryl methyl sites for hydroxylation is 1. The first kappa shape index (κ1) is 18.4. The quantitative estimate of drug-likeness (QED) is 0.639. The molecular weight excluding hydrogens is 346 g/mol. The summed E-state index contributed by atoms with van der Waals surface area (Å²) in [5.41, 5.74) is 1.76. The van der Waals surface area contributed by atoms with E-state index in [1.165, 1.54) is 4.90 Å². The number of carbonyl (C=O) groups is 1. The van der Waals surface area contributed by atoms with E-state index in [0.717, 1.165) is 11.1 Å². The third-order valence-corrected chi connectivity index (χ3v) is 4.04. The van der Waals surface area contributed by atoms with Gasteiger partial charge in [-0.1, -0.05) is 35.5 Å². The van der Waals surface area contributed by atoms with Gasteiger partial charge in [0.15, 0.2) is 6.61 Å². The molecular formula is C20H21N3O4. The first-order valence-electron chi connectivity index (χ1n) is 8.46. The Morgan fingerprint density at radius 3 is 2.78 bits per heavy atom. The van der Waals surface area contributed by atoms with E-state index in [1.807, 2.05) is 55.5 Å². The topological polar surface area (TPSA) is 77.7 Å². The third-order valence-electron chi connectivity index (χ3n) is 4.04. The van der Waals surface area contributed by atoms with Crippen LogP contribution in [0.15, 0.2) is 53.1 Å². The highest BCUT2D eigenvalue weighted by atomic mass is 16.5. The number of hydrogen-bond donors (Lipinski definition) is 0. The highest BCUT2D eigenvalue weighted by Crippen LogP contribution is 2.21. The van der Waals surface area contributed by atoms with E-state index in [4.69, 9.17) is 14.0 Å². The highest BCUT2D eigenvalue weighted by Gasteiger charge is 2.16. The van der Waals surface area contributed by atoms with Crippen LogP contribution in [0, 0.1) is 6.92 Å². The summed E-state index contributed by atoms with van der Waals surface area (Å²) in [6.07, 6.45) is 0. The van der Waals surface area contributed by atoms with Crippen molar-refractivity contribution < 1.29 is 18.8 Å². The van der Waals surface area contributed by atoms with Crippen LogP contribution >= 0.6 is 0 Å². The van der Waals surface area contributed by atoms with Gasteiger partial charge >= 0.3 is 0 Å². The van der Waals surface area contributed by atoms with Crippen LogP contribution in [-0.4, -0.2) is 41.7 Å². The Kier molecular flexibility index (Phi) is 5.71. The van der Waals surface area contributed by atoms with E-state index < -0.39 is 0 Å². The summed E-state index contributed by atoms with van der Waals surface area (Å²) < 4.78 is 16.0. The number of benzene rings is 2. The number of rotatable bonds is 7. The summed E-state index contributed by atoms with van der Waals surface area (Å²) in [4.78, 5) is 18.1. The van der Waals surface area contributed by atoms with Gasteiger partial charge in [0, 0.05) is 12.6 Å². The lowest BCUT2D eigenvalue weighted by Gasteiger charge is -2.15. The maximum absolute atomic E-state index is 12.3. The van der Waals surface area contributed by atoms with Crippen LogP contribution in [0.4, 0.5) is 0 Å². The van der Waals surface area contributed by atoms with Gasteiger partial charge < -0.3 is 18.9 Å². The van der Waals surface area contributed by atoms with Gasteiger partial charge in [0.2, 0.25) is 11.7 Å². The van der Waals surface area contributed by atoms with Crippen molar-refractivity contribution in [2.75, 3.05) is 20.8 Å². The first-order chi connectivity index (χ1) is 13.1. The van der Waals surface area contributed by atoms with E-state index in [1.54, 1.807) is 14.2 Å². The normalized spacial score (nSPS) is 10.5. The Labute approximate surface area is 157 Å². The average Bonchev–Trinajstić information content (AvgIpc) is 3.15. The summed E-state index contributed by atoms with van der Waals surface area (Å²) in [7, 11) is 3.26. The molecule has 0 unspecified atom stereocenters. The molecule has 2 aromatic carbocycles. The number of methoxy groups -OCH3 is 1. The molecule has 140 valence electrons. The standard InChI is InChI=1S/C20H21N3O4/c1-14-7-4-5-10-17(14)26-13-19(24)23(2)12-18-21-20(22-27-18)15-8-6-9-16(11-15)25-3/h4-11H,12-13H2,1-3H3. The molecule has 1 heterocycles. The molecule has 0 aliphatic rings. The lowest BCUT2D eigenvalue weighted by Crippen LogP contribution is -2.31. The second-order valence-electron chi connectivity index (χ2n) is 6.05. The van der Waals surface area contributed by atoms with E-state index in [-0.39, 0.29) is 19.1 Å². The summed E-state index contributed by atoms with van der Waals surface area (Å²) in [5, 5.41) is 3.97. The van der Waals surface area contributed by atoms with Gasteiger partial charge in [0.1, 0.15) is 11.5 Å². The zero-order valence-corrected chi connectivity index (χ0v) is 15.5. The molecule has 3 rings (SSSR count). The second-order valence-corrected chi connectivity index (χ2v) is 6.05. The molecule has 7 heteroatoms. The summed E-state index contributed by atoms with van der Waals surface area (Å²) in [5.74, 6) is 2.01. The SMILES string of the molecule is COc1cccc(-c2noc(CN(C)C(=O)COc3ccccc3C)n2)c1. The maximum atomic E-state index is 12.3. The molecule has 0 N–H and O–H groups in total. The van der Waals surface area contributed by atoms with E-state index in [9.17, 15) is 4.79 Å². The Hall–Kier alpha value is -3.35.